The monoisotopic (exact) mass is 984 g/mol. The predicted molar refractivity (Wildman–Crippen MR) is 265 cm³/mol. The van der Waals surface area contributed by atoms with E-state index >= 15 is 0 Å². The van der Waals surface area contributed by atoms with E-state index in [-0.39, 0.29) is 71.1 Å². The van der Waals surface area contributed by atoms with Crippen LogP contribution in [0.2, 0.25) is 0 Å². The first-order valence-corrected chi connectivity index (χ1v) is 23.7. The van der Waals surface area contributed by atoms with Gasteiger partial charge < -0.3 is 40.1 Å². The van der Waals surface area contributed by atoms with Gasteiger partial charge in [0.1, 0.15) is 37.9 Å². The van der Waals surface area contributed by atoms with E-state index < -0.39 is 91.7 Å². The van der Waals surface area contributed by atoms with Crippen molar-refractivity contribution in [2.24, 2.45) is 0 Å². The molecular weight excluding hydrogens is 915 g/mol. The van der Waals surface area contributed by atoms with Gasteiger partial charge in [0, 0.05) is 39.1 Å². The van der Waals surface area contributed by atoms with Crippen LogP contribution in [0, 0.1) is 24.7 Å². The number of nitrogens with one attached hydrogen (secondary N) is 3. The van der Waals surface area contributed by atoms with Gasteiger partial charge in [-0.15, -0.1) is 12.8 Å². The van der Waals surface area contributed by atoms with E-state index in [2.05, 4.69) is 27.8 Å². The Labute approximate surface area is 417 Å². The number of carbonyl (C=O) groups is 9. The minimum absolute atomic E-state index is 0.0214. The van der Waals surface area contributed by atoms with Crippen LogP contribution in [0.3, 0.4) is 0 Å². The van der Waals surface area contributed by atoms with E-state index in [1.54, 1.807) is 48.5 Å². The van der Waals surface area contributed by atoms with Crippen molar-refractivity contribution in [2.45, 2.75) is 91.7 Å². The van der Waals surface area contributed by atoms with E-state index in [0.29, 0.717) is 6.42 Å². The molecule has 12 amide bonds. The first-order chi connectivity index (χ1) is 33.8. The van der Waals surface area contributed by atoms with Crippen molar-refractivity contribution in [3.05, 3.63) is 59.7 Å². The molecular formula is C51H69N9O11. The summed E-state index contributed by atoms with van der Waals surface area (Å²) in [6, 6.07) is 10.8. The molecule has 0 saturated carbocycles. The molecule has 384 valence electrons. The second-order valence-electron chi connectivity index (χ2n) is 17.5. The highest BCUT2D eigenvalue weighted by Crippen LogP contribution is 2.44. The van der Waals surface area contributed by atoms with Gasteiger partial charge in [-0.3, -0.25) is 24.1 Å². The van der Waals surface area contributed by atoms with Crippen molar-refractivity contribution in [2.75, 3.05) is 79.1 Å². The van der Waals surface area contributed by atoms with Crippen LogP contribution in [0.1, 0.15) is 91.2 Å². The summed E-state index contributed by atoms with van der Waals surface area (Å²) in [6.45, 7) is 8.08. The highest BCUT2D eigenvalue weighted by atomic mass is 16.6. The number of amides is 12. The SMILES string of the molecule is C#CCN(CC(=O)NC)C(=O)CN(CCC)C(=O)N(CCC)C(=O)N(CCC)C(=O)N(CCC)C(=O)CN(CC#C)C(=O)C(CNC(=O)OC(C)(C)C)NC(=O)OCC1c2ccccc2-c2ccccc21. The summed E-state index contributed by atoms with van der Waals surface area (Å²) in [6.07, 6.45) is 10.3. The summed E-state index contributed by atoms with van der Waals surface area (Å²) in [5.41, 5.74) is 2.98. The van der Waals surface area contributed by atoms with Gasteiger partial charge in [0.2, 0.25) is 23.6 Å². The summed E-state index contributed by atoms with van der Waals surface area (Å²) < 4.78 is 11.1. The molecule has 20 nitrogen and oxygen atoms in total. The standard InChI is InChI=1S/C51H69N9O11/c1-11-25-55(32-42(61)52-10)43(62)33-57(27-13-3)48(67)59(29-15-5)50(69)60(30-16-6)49(68)58(28-14-4)44(63)34-56(26-12-2)45(64)41(31-53-46(65)71-51(7,8)9)54-47(66)70-35-40-38-23-19-17-21-36(38)37-22-18-20-24-39(37)40/h1-2,17-24,40-41H,13-16,25-35H2,3-10H3,(H,52,61)(H,53,65)(H,54,66). The van der Waals surface area contributed by atoms with Gasteiger partial charge in [-0.1, -0.05) is 88.1 Å². The molecule has 0 spiro atoms. The molecule has 2 aromatic carbocycles. The van der Waals surface area contributed by atoms with Crippen LogP contribution in [0.15, 0.2) is 48.5 Å². The molecule has 2 aromatic rings. The normalized spacial score (nSPS) is 11.7. The topological polar surface area (TPSA) is 228 Å². The number of hydrogen-bond donors (Lipinski definition) is 3. The Balaban J connectivity index is 1.91. The summed E-state index contributed by atoms with van der Waals surface area (Å²) in [4.78, 5) is 129. The van der Waals surface area contributed by atoms with Gasteiger partial charge in [0.25, 0.3) is 0 Å². The van der Waals surface area contributed by atoms with Gasteiger partial charge in [0.05, 0.1) is 19.6 Å². The lowest BCUT2D eigenvalue weighted by Gasteiger charge is -2.35. The van der Waals surface area contributed by atoms with Gasteiger partial charge in [-0.05, 0) is 68.7 Å². The molecule has 0 radical (unpaired) electrons. The molecule has 1 aliphatic rings. The van der Waals surface area contributed by atoms with Crippen molar-refractivity contribution < 1.29 is 52.6 Å². The molecule has 0 fully saturated rings. The molecule has 0 saturated heterocycles. The number of alkyl carbamates (subject to hydrolysis) is 2. The van der Waals surface area contributed by atoms with Crippen molar-refractivity contribution >= 4 is 53.9 Å². The van der Waals surface area contributed by atoms with Crippen LogP contribution in [0.25, 0.3) is 11.1 Å². The van der Waals surface area contributed by atoms with Crippen LogP contribution in [0.4, 0.5) is 24.0 Å². The maximum absolute atomic E-state index is 14.5. The van der Waals surface area contributed by atoms with Crippen LogP contribution in [-0.2, 0) is 28.7 Å². The van der Waals surface area contributed by atoms with E-state index in [9.17, 15) is 43.2 Å². The molecule has 0 bridgehead atoms. The Morgan fingerprint density at radius 3 is 1.65 bits per heavy atom. The van der Waals surface area contributed by atoms with Crippen molar-refractivity contribution in [3.63, 3.8) is 0 Å². The Bertz CT molecular complexity index is 2270. The van der Waals surface area contributed by atoms with Crippen molar-refractivity contribution in [3.8, 4) is 35.8 Å². The van der Waals surface area contributed by atoms with Crippen LogP contribution in [-0.4, -0.2) is 174 Å². The number of benzene rings is 2. The minimum atomic E-state index is -1.57. The third-order valence-electron chi connectivity index (χ3n) is 10.8. The number of fused-ring (bicyclic) bond motifs is 3. The number of urea groups is 3. The van der Waals surface area contributed by atoms with Gasteiger partial charge >= 0.3 is 30.3 Å². The summed E-state index contributed by atoms with van der Waals surface area (Å²) in [5, 5.41) is 7.40. The number of terminal acetylenes is 2. The second kappa shape index (κ2) is 28.2. The lowest BCUT2D eigenvalue weighted by molar-refractivity contribution is -0.139. The summed E-state index contributed by atoms with van der Waals surface area (Å²) in [7, 11) is 1.40. The number of ether oxygens (including phenoxy) is 2. The number of imide groups is 3. The predicted octanol–water partition coefficient (Wildman–Crippen LogP) is 4.82. The molecule has 3 N–H and O–H groups in total. The Kier molecular flexibility index (Phi) is 22.9. The van der Waals surface area contributed by atoms with Gasteiger partial charge in [-0.25, -0.2) is 33.8 Å². The van der Waals surface area contributed by atoms with E-state index in [1.165, 1.54) is 7.05 Å². The van der Waals surface area contributed by atoms with E-state index in [1.807, 2.05) is 48.5 Å². The maximum atomic E-state index is 14.5. The van der Waals surface area contributed by atoms with Crippen LogP contribution >= 0.6 is 0 Å². The number of rotatable bonds is 22. The largest absolute Gasteiger partial charge is 0.449 e. The molecule has 0 heterocycles. The average molecular weight is 984 g/mol. The highest BCUT2D eigenvalue weighted by molar-refractivity contribution is 6.06. The van der Waals surface area contributed by atoms with Crippen molar-refractivity contribution in [1.82, 2.24) is 45.3 Å². The number of nitrogens with zero attached hydrogens (tertiary/aromatic N) is 6. The first kappa shape index (κ1) is 57.7. The zero-order valence-electron chi connectivity index (χ0n) is 42.2. The lowest BCUT2D eigenvalue weighted by atomic mass is 9.98. The van der Waals surface area contributed by atoms with E-state index in [4.69, 9.17) is 22.3 Å². The molecule has 3 rings (SSSR count). The molecule has 71 heavy (non-hydrogen) atoms. The zero-order valence-corrected chi connectivity index (χ0v) is 42.2. The summed E-state index contributed by atoms with van der Waals surface area (Å²) >= 11 is 0. The molecule has 20 heteroatoms. The average Bonchev–Trinajstić information content (AvgIpc) is 3.66. The number of carbonyl (C=O) groups excluding carboxylic acids is 9. The fraction of sp³-hybridized carbons (Fsp3) is 0.510. The Morgan fingerprint density at radius 1 is 0.634 bits per heavy atom. The van der Waals surface area contributed by atoms with Gasteiger partial charge in [0.15, 0.2) is 0 Å². The zero-order chi connectivity index (χ0) is 52.8. The third kappa shape index (κ3) is 16.5. The molecule has 0 aliphatic heterocycles. The first-order valence-electron chi connectivity index (χ1n) is 23.7. The quantitative estimate of drug-likeness (QED) is 0.136. The highest BCUT2D eigenvalue weighted by Gasteiger charge is 2.38. The minimum Gasteiger partial charge on any atom is -0.449 e. The lowest BCUT2D eigenvalue weighted by Crippen LogP contribution is -2.59. The van der Waals surface area contributed by atoms with Crippen LogP contribution in [0.5, 0.6) is 0 Å². The van der Waals surface area contributed by atoms with Crippen molar-refractivity contribution in [1.29, 1.82) is 0 Å². The smallest absolute Gasteiger partial charge is 0.407 e. The second-order valence-corrected chi connectivity index (χ2v) is 17.5. The maximum Gasteiger partial charge on any atom is 0.407 e. The Morgan fingerprint density at radius 2 is 1.13 bits per heavy atom. The fourth-order valence-corrected chi connectivity index (χ4v) is 7.65. The molecule has 1 aliphatic carbocycles. The van der Waals surface area contributed by atoms with Crippen LogP contribution < -0.4 is 16.0 Å². The molecule has 1 atom stereocenters. The van der Waals surface area contributed by atoms with E-state index in [0.717, 1.165) is 51.7 Å². The molecule has 1 unspecified atom stereocenters. The molecule has 0 aromatic heterocycles. The number of likely N-dealkylation sites (N-methyl/N-ethyl adjacent to an activating group) is 1. The summed E-state index contributed by atoms with van der Waals surface area (Å²) in [5.74, 6) is 1.32. The Hall–Kier alpha value is -7.61. The number of hydrogen-bond acceptors (Lipinski definition) is 11. The van der Waals surface area contributed by atoms with Gasteiger partial charge in [-0.2, -0.15) is 0 Å². The fourth-order valence-electron chi connectivity index (χ4n) is 7.65. The third-order valence-corrected chi connectivity index (χ3v) is 10.8.